The van der Waals surface area contributed by atoms with Gasteiger partial charge in [0.05, 0.1) is 24.2 Å². The van der Waals surface area contributed by atoms with Crippen molar-refractivity contribution in [3.05, 3.63) is 47.8 Å². The molecule has 0 bridgehead atoms. The highest BCUT2D eigenvalue weighted by Gasteiger charge is 2.13. The molecule has 0 aliphatic heterocycles. The Balaban J connectivity index is 2.06. The maximum Gasteiger partial charge on any atom is 0.210 e. The zero-order valence-electron chi connectivity index (χ0n) is 12.6. The van der Waals surface area contributed by atoms with Crippen molar-refractivity contribution in [3.8, 4) is 0 Å². The predicted molar refractivity (Wildman–Crippen MR) is 84.2 cm³/mol. The monoisotopic (exact) mass is 323 g/mol. The number of nitrogens with zero attached hydrogens (tertiary/aromatic N) is 4. The molecule has 7 nitrogen and oxygen atoms in total. The lowest BCUT2D eigenvalue weighted by Crippen LogP contribution is -2.31. The molecule has 0 aliphatic rings. The van der Waals surface area contributed by atoms with Crippen LogP contribution in [-0.4, -0.2) is 40.6 Å². The van der Waals surface area contributed by atoms with Gasteiger partial charge in [0.2, 0.25) is 10.0 Å². The summed E-state index contributed by atoms with van der Waals surface area (Å²) in [5.74, 6) is -0.0816. The molecule has 2 N–H and O–H groups in total. The molecule has 0 amide bonds. The molecule has 2 rings (SSSR count). The summed E-state index contributed by atoms with van der Waals surface area (Å²) in [7, 11) is -3.49. The molecule has 1 aromatic carbocycles. The fourth-order valence-corrected chi connectivity index (χ4v) is 2.61. The van der Waals surface area contributed by atoms with E-state index in [-0.39, 0.29) is 5.75 Å². The van der Waals surface area contributed by atoms with E-state index in [1.54, 1.807) is 11.0 Å². The van der Waals surface area contributed by atoms with Crippen molar-refractivity contribution in [1.82, 2.24) is 19.9 Å². The number of nitrogens with two attached hydrogens (primary N) is 1. The lowest BCUT2D eigenvalue weighted by atomic mass is 10.2. The second-order valence-corrected chi connectivity index (χ2v) is 6.82. The lowest BCUT2D eigenvalue weighted by molar-refractivity contribution is 0.268. The molecule has 120 valence electrons. The van der Waals surface area contributed by atoms with Crippen molar-refractivity contribution < 1.29 is 8.42 Å². The standard InChI is InChI=1S/C14H21N5O2S/c1-2-19-16-10-14(17-19)12-18(8-9-22(15,20)21)11-13-6-4-3-5-7-13/h3-7,10H,2,8-9,11-12H2,1H3,(H2,15,20,21). The first-order valence-electron chi connectivity index (χ1n) is 7.12. The van der Waals surface area contributed by atoms with E-state index in [4.69, 9.17) is 5.14 Å². The van der Waals surface area contributed by atoms with Crippen LogP contribution >= 0.6 is 0 Å². The molecule has 0 fully saturated rings. The molecular formula is C14H21N5O2S. The van der Waals surface area contributed by atoms with Gasteiger partial charge in [-0.25, -0.2) is 13.6 Å². The summed E-state index contributed by atoms with van der Waals surface area (Å²) >= 11 is 0. The highest BCUT2D eigenvalue weighted by atomic mass is 32.2. The molecule has 0 unspecified atom stereocenters. The molecule has 8 heteroatoms. The van der Waals surface area contributed by atoms with Crippen molar-refractivity contribution in [1.29, 1.82) is 0 Å². The fraction of sp³-hybridized carbons (Fsp3) is 0.429. The highest BCUT2D eigenvalue weighted by Crippen LogP contribution is 2.08. The van der Waals surface area contributed by atoms with Gasteiger partial charge in [0.15, 0.2) is 0 Å². The summed E-state index contributed by atoms with van der Waals surface area (Å²) in [4.78, 5) is 3.61. The van der Waals surface area contributed by atoms with Crippen LogP contribution in [0.4, 0.5) is 0 Å². The van der Waals surface area contributed by atoms with Gasteiger partial charge in [0.1, 0.15) is 0 Å². The normalized spacial score (nSPS) is 12.0. The number of aryl methyl sites for hydroxylation is 1. The van der Waals surface area contributed by atoms with Crippen LogP contribution in [0.1, 0.15) is 18.2 Å². The summed E-state index contributed by atoms with van der Waals surface area (Å²) in [6.45, 7) is 4.19. The molecule has 0 aliphatic carbocycles. The van der Waals surface area contributed by atoms with Gasteiger partial charge in [0, 0.05) is 19.6 Å². The minimum absolute atomic E-state index is 0.0816. The Morgan fingerprint density at radius 2 is 1.95 bits per heavy atom. The van der Waals surface area contributed by atoms with Crippen LogP contribution in [-0.2, 0) is 29.7 Å². The first kappa shape index (κ1) is 16.6. The molecule has 0 saturated carbocycles. The van der Waals surface area contributed by atoms with E-state index in [2.05, 4.69) is 10.2 Å². The lowest BCUT2D eigenvalue weighted by Gasteiger charge is -2.20. The summed E-state index contributed by atoms with van der Waals surface area (Å²) in [6, 6.07) is 9.88. The van der Waals surface area contributed by atoms with Gasteiger partial charge in [-0.3, -0.25) is 4.90 Å². The largest absolute Gasteiger partial charge is 0.292 e. The van der Waals surface area contributed by atoms with Crippen LogP contribution < -0.4 is 5.14 Å². The van der Waals surface area contributed by atoms with E-state index >= 15 is 0 Å². The minimum atomic E-state index is -3.49. The fourth-order valence-electron chi connectivity index (χ4n) is 2.10. The first-order valence-corrected chi connectivity index (χ1v) is 8.83. The zero-order valence-corrected chi connectivity index (χ0v) is 13.4. The number of hydrogen-bond acceptors (Lipinski definition) is 5. The van der Waals surface area contributed by atoms with Gasteiger partial charge < -0.3 is 0 Å². The van der Waals surface area contributed by atoms with E-state index in [1.807, 2.05) is 42.2 Å². The third-order valence-electron chi connectivity index (χ3n) is 3.19. The Morgan fingerprint density at radius 1 is 1.23 bits per heavy atom. The molecule has 22 heavy (non-hydrogen) atoms. The summed E-state index contributed by atoms with van der Waals surface area (Å²) in [6.07, 6.45) is 1.71. The average Bonchev–Trinajstić information content (AvgIpc) is 2.93. The Morgan fingerprint density at radius 3 is 2.55 bits per heavy atom. The van der Waals surface area contributed by atoms with Gasteiger partial charge in [-0.2, -0.15) is 15.0 Å². The second kappa shape index (κ2) is 7.48. The Hall–Kier alpha value is -1.77. The Kier molecular flexibility index (Phi) is 5.64. The van der Waals surface area contributed by atoms with Crippen LogP contribution in [0.2, 0.25) is 0 Å². The smallest absolute Gasteiger partial charge is 0.210 e. The molecule has 0 atom stereocenters. The molecule has 2 aromatic rings. The molecule has 0 spiro atoms. The van der Waals surface area contributed by atoms with Crippen LogP contribution in [0, 0.1) is 0 Å². The zero-order chi connectivity index (χ0) is 16.0. The number of rotatable bonds is 8. The third kappa shape index (κ3) is 5.55. The van der Waals surface area contributed by atoms with Crippen LogP contribution in [0.3, 0.4) is 0 Å². The Bertz CT molecular complexity index is 684. The van der Waals surface area contributed by atoms with Gasteiger partial charge >= 0.3 is 0 Å². The molecular weight excluding hydrogens is 302 g/mol. The van der Waals surface area contributed by atoms with E-state index in [9.17, 15) is 8.42 Å². The number of aromatic nitrogens is 3. The number of sulfonamides is 1. The van der Waals surface area contributed by atoms with E-state index < -0.39 is 10.0 Å². The van der Waals surface area contributed by atoms with E-state index in [0.717, 1.165) is 11.3 Å². The highest BCUT2D eigenvalue weighted by molar-refractivity contribution is 7.89. The summed E-state index contributed by atoms with van der Waals surface area (Å²) in [5.41, 5.74) is 1.92. The molecule has 1 heterocycles. The van der Waals surface area contributed by atoms with Crippen LogP contribution in [0.15, 0.2) is 36.5 Å². The third-order valence-corrected chi connectivity index (χ3v) is 3.95. The van der Waals surface area contributed by atoms with Gasteiger partial charge in [0.25, 0.3) is 0 Å². The summed E-state index contributed by atoms with van der Waals surface area (Å²) in [5, 5.41) is 13.6. The maximum atomic E-state index is 11.2. The predicted octanol–water partition coefficient (Wildman–Crippen LogP) is 0.589. The van der Waals surface area contributed by atoms with Crippen molar-refractivity contribution in [2.45, 2.75) is 26.6 Å². The molecule has 0 radical (unpaired) electrons. The number of primary sulfonamides is 1. The van der Waals surface area contributed by atoms with Crippen molar-refractivity contribution >= 4 is 10.0 Å². The SMILES string of the molecule is CCn1ncc(CN(CCS(N)(=O)=O)Cc2ccccc2)n1. The van der Waals surface area contributed by atoms with E-state index in [0.29, 0.717) is 26.2 Å². The van der Waals surface area contributed by atoms with Crippen LogP contribution in [0.25, 0.3) is 0 Å². The average molecular weight is 323 g/mol. The van der Waals surface area contributed by atoms with Crippen molar-refractivity contribution in [2.24, 2.45) is 5.14 Å². The van der Waals surface area contributed by atoms with Gasteiger partial charge in [-0.15, -0.1) is 0 Å². The first-order chi connectivity index (χ1) is 10.5. The van der Waals surface area contributed by atoms with Crippen molar-refractivity contribution in [2.75, 3.05) is 12.3 Å². The van der Waals surface area contributed by atoms with Gasteiger partial charge in [-0.1, -0.05) is 30.3 Å². The second-order valence-electron chi connectivity index (χ2n) is 5.09. The number of hydrogen-bond donors (Lipinski definition) is 1. The maximum absolute atomic E-state index is 11.2. The quantitative estimate of drug-likeness (QED) is 0.767. The number of benzene rings is 1. The van der Waals surface area contributed by atoms with Gasteiger partial charge in [-0.05, 0) is 12.5 Å². The van der Waals surface area contributed by atoms with Crippen molar-refractivity contribution in [3.63, 3.8) is 0 Å². The molecule has 0 saturated heterocycles. The Labute approximate surface area is 130 Å². The topological polar surface area (TPSA) is 94.1 Å². The van der Waals surface area contributed by atoms with Crippen LogP contribution in [0.5, 0.6) is 0 Å². The minimum Gasteiger partial charge on any atom is -0.292 e. The van der Waals surface area contributed by atoms with E-state index in [1.165, 1.54) is 0 Å². The summed E-state index contributed by atoms with van der Waals surface area (Å²) < 4.78 is 22.4. The molecule has 1 aromatic heterocycles.